The number of aromatic nitrogens is 3. The summed E-state index contributed by atoms with van der Waals surface area (Å²) in [5.74, 6) is -0.563. The van der Waals surface area contributed by atoms with Crippen LogP contribution in [0, 0.1) is 19.7 Å². The van der Waals surface area contributed by atoms with E-state index in [1.54, 1.807) is 37.9 Å². The van der Waals surface area contributed by atoms with Gasteiger partial charge in [-0.05, 0) is 61.7 Å². The molecule has 7 nitrogen and oxygen atoms in total. The van der Waals surface area contributed by atoms with Crippen molar-refractivity contribution in [3.63, 3.8) is 0 Å². The molecule has 0 radical (unpaired) electrons. The average molecular weight is 438 g/mol. The molecule has 0 bridgehead atoms. The molecule has 168 valence electrons. The van der Waals surface area contributed by atoms with E-state index in [0.717, 1.165) is 22.4 Å². The number of amides is 1. The number of imidazole rings is 1. The number of carbonyl (C=O) groups is 1. The molecule has 1 atom stereocenters. The van der Waals surface area contributed by atoms with E-state index in [1.165, 1.54) is 21.6 Å². The molecule has 4 aromatic rings. The Kier molecular flexibility index (Phi) is 5.24. The van der Waals surface area contributed by atoms with Gasteiger partial charge in [0.1, 0.15) is 12.1 Å². The zero-order valence-corrected chi connectivity index (χ0v) is 19.0. The highest BCUT2D eigenvalue weighted by atomic mass is 19.1. The van der Waals surface area contributed by atoms with Gasteiger partial charge in [-0.1, -0.05) is 6.07 Å². The van der Waals surface area contributed by atoms with Crippen LogP contribution < -0.4 is 10.9 Å². The molecule has 8 heteroatoms. The molecule has 0 spiro atoms. The summed E-state index contributed by atoms with van der Waals surface area (Å²) in [5.41, 5.74) is 4.58. The summed E-state index contributed by atoms with van der Waals surface area (Å²) in [6.07, 6.45) is 1.59. The topological polar surface area (TPSA) is 71.6 Å². The van der Waals surface area contributed by atoms with Gasteiger partial charge in [0.2, 0.25) is 0 Å². The molecule has 4 rings (SSSR count). The Labute approximate surface area is 186 Å². The zero-order chi connectivity index (χ0) is 23.3. The standard InChI is InChI=1S/C24H26FN5O2.H2/c1-13-9-17(15(3)27-19-8-7-16(25)11-14(19)2)21-18(10-13)23(31)29(6)22-20(24(32)28(4)5)26-12-30(21)22;/h7-12,15,27H,1-6H3;1H. The molecule has 2 heterocycles. The van der Waals surface area contributed by atoms with Crippen LogP contribution in [0.2, 0.25) is 0 Å². The van der Waals surface area contributed by atoms with Crippen molar-refractivity contribution in [1.82, 2.24) is 18.9 Å². The van der Waals surface area contributed by atoms with Crippen molar-refractivity contribution in [2.75, 3.05) is 19.4 Å². The van der Waals surface area contributed by atoms with E-state index in [9.17, 15) is 14.0 Å². The number of rotatable bonds is 4. The van der Waals surface area contributed by atoms with E-state index >= 15 is 0 Å². The summed E-state index contributed by atoms with van der Waals surface area (Å²) in [7, 11) is 4.95. The fraction of sp³-hybridized carbons (Fsp3) is 0.292. The lowest BCUT2D eigenvalue weighted by Crippen LogP contribution is -2.26. The molecule has 0 fully saturated rings. The summed E-state index contributed by atoms with van der Waals surface area (Å²) in [6, 6.07) is 8.27. The highest BCUT2D eigenvalue weighted by molar-refractivity contribution is 5.99. The number of fused-ring (bicyclic) bond motifs is 3. The minimum Gasteiger partial charge on any atom is -0.378 e. The number of anilines is 1. The Morgan fingerprint density at radius 1 is 1.22 bits per heavy atom. The van der Waals surface area contributed by atoms with Gasteiger partial charge >= 0.3 is 0 Å². The molecule has 0 aliphatic carbocycles. The summed E-state index contributed by atoms with van der Waals surface area (Å²) < 4.78 is 16.8. The highest BCUT2D eigenvalue weighted by Crippen LogP contribution is 2.29. The molecular formula is C24H28FN5O2. The lowest BCUT2D eigenvalue weighted by molar-refractivity contribution is 0.0824. The van der Waals surface area contributed by atoms with E-state index in [2.05, 4.69) is 10.3 Å². The molecule has 32 heavy (non-hydrogen) atoms. The molecule has 1 N–H and O–H groups in total. The van der Waals surface area contributed by atoms with Crippen LogP contribution in [0.15, 0.2) is 41.5 Å². The highest BCUT2D eigenvalue weighted by Gasteiger charge is 2.23. The second-order valence-corrected chi connectivity index (χ2v) is 8.43. The van der Waals surface area contributed by atoms with E-state index < -0.39 is 0 Å². The average Bonchev–Trinajstić information content (AvgIpc) is 3.17. The van der Waals surface area contributed by atoms with Crippen molar-refractivity contribution < 1.29 is 10.6 Å². The molecule has 0 aliphatic rings. The first-order chi connectivity index (χ1) is 15.1. The number of halogens is 1. The predicted octanol–water partition coefficient (Wildman–Crippen LogP) is 4.06. The third kappa shape index (κ3) is 3.41. The van der Waals surface area contributed by atoms with E-state index in [4.69, 9.17) is 0 Å². The Morgan fingerprint density at radius 2 is 1.94 bits per heavy atom. The maximum atomic E-state index is 13.5. The third-order valence-corrected chi connectivity index (χ3v) is 5.76. The van der Waals surface area contributed by atoms with E-state index in [-0.39, 0.29) is 30.4 Å². The molecule has 2 aromatic carbocycles. The Bertz CT molecular complexity index is 1440. The van der Waals surface area contributed by atoms with E-state index in [1.807, 2.05) is 32.9 Å². The molecule has 1 amide bonds. The maximum Gasteiger partial charge on any atom is 0.275 e. The minimum atomic E-state index is -0.289. The monoisotopic (exact) mass is 437 g/mol. The van der Waals surface area contributed by atoms with Crippen molar-refractivity contribution in [3.8, 4) is 0 Å². The quantitative estimate of drug-likeness (QED) is 0.523. The number of aryl methyl sites for hydroxylation is 3. The van der Waals surface area contributed by atoms with Crippen molar-refractivity contribution in [2.24, 2.45) is 7.05 Å². The van der Waals surface area contributed by atoms with Crippen LogP contribution in [0.5, 0.6) is 0 Å². The fourth-order valence-electron chi connectivity index (χ4n) is 4.13. The lowest BCUT2D eigenvalue weighted by Gasteiger charge is -2.21. The van der Waals surface area contributed by atoms with Crippen molar-refractivity contribution in [1.29, 1.82) is 0 Å². The van der Waals surface area contributed by atoms with Crippen LogP contribution in [0.1, 0.15) is 41.6 Å². The number of carbonyl (C=O) groups excluding carboxylic acids is 1. The van der Waals surface area contributed by atoms with Gasteiger partial charge in [-0.3, -0.25) is 18.6 Å². The molecule has 0 saturated heterocycles. The SMILES string of the molecule is Cc1cc(C(C)Nc2ccc(F)cc2C)c2c(c1)c(=O)n(C)c1c(C(=O)N(C)C)ncn21.[HH]. The zero-order valence-electron chi connectivity index (χ0n) is 19.0. The van der Waals surface area contributed by atoms with Crippen LogP contribution in [-0.2, 0) is 7.05 Å². The summed E-state index contributed by atoms with van der Waals surface area (Å²) in [6.45, 7) is 5.77. The van der Waals surface area contributed by atoms with Crippen molar-refractivity contribution in [3.05, 3.63) is 75.2 Å². The maximum absolute atomic E-state index is 13.5. The van der Waals surface area contributed by atoms with Gasteiger partial charge in [-0.15, -0.1) is 0 Å². The van der Waals surface area contributed by atoms with Crippen molar-refractivity contribution in [2.45, 2.75) is 26.8 Å². The molecular weight excluding hydrogens is 409 g/mol. The first-order valence-corrected chi connectivity index (χ1v) is 10.3. The van der Waals surface area contributed by atoms with Crippen LogP contribution in [-0.4, -0.2) is 38.9 Å². The molecule has 0 aliphatic heterocycles. The second kappa shape index (κ2) is 7.78. The first kappa shape index (κ1) is 21.5. The molecule has 0 saturated carbocycles. The number of benzene rings is 2. The Balaban J connectivity index is 0.00000306. The van der Waals surface area contributed by atoms with Gasteiger partial charge in [-0.25, -0.2) is 9.37 Å². The second-order valence-electron chi connectivity index (χ2n) is 8.43. The fourth-order valence-corrected chi connectivity index (χ4v) is 4.13. The van der Waals surface area contributed by atoms with E-state index in [0.29, 0.717) is 16.6 Å². The summed E-state index contributed by atoms with van der Waals surface area (Å²) in [4.78, 5) is 31.8. The Morgan fingerprint density at radius 3 is 2.59 bits per heavy atom. The van der Waals surface area contributed by atoms with Crippen molar-refractivity contribution >= 4 is 28.1 Å². The lowest BCUT2D eigenvalue weighted by atomic mass is 10.0. The predicted molar refractivity (Wildman–Crippen MR) is 126 cm³/mol. The van der Waals surface area contributed by atoms with Crippen LogP contribution >= 0.6 is 0 Å². The van der Waals surface area contributed by atoms with Crippen LogP contribution in [0.4, 0.5) is 10.1 Å². The summed E-state index contributed by atoms with van der Waals surface area (Å²) >= 11 is 0. The van der Waals surface area contributed by atoms with Gasteiger partial charge in [0, 0.05) is 28.3 Å². The summed E-state index contributed by atoms with van der Waals surface area (Å²) in [5, 5.41) is 3.98. The minimum absolute atomic E-state index is 0. The van der Waals surface area contributed by atoms with Gasteiger partial charge in [-0.2, -0.15) is 0 Å². The number of hydrogen-bond acceptors (Lipinski definition) is 4. The smallest absolute Gasteiger partial charge is 0.275 e. The normalized spacial score (nSPS) is 12.3. The molecule has 1 unspecified atom stereocenters. The van der Waals surface area contributed by atoms with Crippen LogP contribution in [0.3, 0.4) is 0 Å². The first-order valence-electron chi connectivity index (χ1n) is 10.3. The molecule has 2 aromatic heterocycles. The number of nitrogens with one attached hydrogen (secondary N) is 1. The van der Waals surface area contributed by atoms with Crippen LogP contribution in [0.25, 0.3) is 16.6 Å². The van der Waals surface area contributed by atoms with Gasteiger partial charge in [0.25, 0.3) is 11.5 Å². The number of hydrogen-bond donors (Lipinski definition) is 1. The largest absolute Gasteiger partial charge is 0.378 e. The van der Waals surface area contributed by atoms with Gasteiger partial charge in [0.15, 0.2) is 11.3 Å². The number of nitrogens with zero attached hydrogens (tertiary/aromatic N) is 4. The third-order valence-electron chi connectivity index (χ3n) is 5.76. The van der Waals surface area contributed by atoms with Gasteiger partial charge in [0.05, 0.1) is 16.9 Å². The van der Waals surface area contributed by atoms with Gasteiger partial charge < -0.3 is 10.2 Å². The Hall–Kier alpha value is -3.68.